The molecule has 0 unspecified atom stereocenters. The van der Waals surface area contributed by atoms with E-state index in [0.29, 0.717) is 17.9 Å². The number of nitrogens with zero attached hydrogens (tertiary/aromatic N) is 1. The Balaban J connectivity index is 1.73. The molecule has 2 N–H and O–H groups in total. The number of nitrogens with one attached hydrogen (secondary N) is 1. The second-order valence-electron chi connectivity index (χ2n) is 6.87. The molecule has 8 heteroatoms. The molecule has 0 atom stereocenters. The normalized spacial score (nSPS) is 10.7. The van der Waals surface area contributed by atoms with E-state index in [2.05, 4.69) is 5.32 Å². The van der Waals surface area contributed by atoms with Gasteiger partial charge in [0.15, 0.2) is 5.78 Å². The van der Waals surface area contributed by atoms with Gasteiger partial charge in [0.1, 0.15) is 12.4 Å². The van der Waals surface area contributed by atoms with Gasteiger partial charge in [0, 0.05) is 18.7 Å². The number of amides is 1. The summed E-state index contributed by atoms with van der Waals surface area (Å²) < 4.78 is 5.72. The van der Waals surface area contributed by atoms with Crippen LogP contribution in [0.15, 0.2) is 72.8 Å². The van der Waals surface area contributed by atoms with Gasteiger partial charge in [-0.15, -0.1) is 0 Å². The fourth-order valence-electron chi connectivity index (χ4n) is 2.90. The van der Waals surface area contributed by atoms with Crippen LogP contribution in [0.25, 0.3) is 6.08 Å². The van der Waals surface area contributed by atoms with Crippen molar-refractivity contribution in [3.63, 3.8) is 0 Å². The molecule has 3 aromatic carbocycles. The number of benzene rings is 3. The van der Waals surface area contributed by atoms with Gasteiger partial charge in [-0.3, -0.25) is 19.7 Å². The molecule has 0 heterocycles. The third-order valence-electron chi connectivity index (χ3n) is 4.43. The van der Waals surface area contributed by atoms with E-state index < -0.39 is 28.1 Å². The molecule has 0 saturated carbocycles. The third kappa shape index (κ3) is 5.79. The molecule has 0 aliphatic rings. The topological polar surface area (TPSA) is 119 Å². The lowest BCUT2D eigenvalue weighted by Gasteiger charge is -2.07. The third-order valence-corrected chi connectivity index (χ3v) is 4.43. The molecule has 0 spiro atoms. The number of nitro groups is 1. The average Bonchev–Trinajstić information content (AvgIpc) is 2.78. The molecular formula is C24H20N2O6. The molecule has 0 aliphatic heterocycles. The van der Waals surface area contributed by atoms with Gasteiger partial charge in [0.05, 0.1) is 10.5 Å². The summed E-state index contributed by atoms with van der Waals surface area (Å²) in [6.07, 6.45) is 2.70. The van der Waals surface area contributed by atoms with E-state index in [1.807, 2.05) is 30.3 Å². The van der Waals surface area contributed by atoms with Crippen molar-refractivity contribution in [2.24, 2.45) is 0 Å². The highest BCUT2D eigenvalue weighted by Gasteiger charge is 2.22. The average molecular weight is 432 g/mol. The van der Waals surface area contributed by atoms with Crippen molar-refractivity contribution in [1.29, 1.82) is 0 Å². The van der Waals surface area contributed by atoms with Crippen molar-refractivity contribution < 1.29 is 24.4 Å². The zero-order valence-corrected chi connectivity index (χ0v) is 17.1. The highest BCUT2D eigenvalue weighted by atomic mass is 16.6. The molecule has 0 saturated heterocycles. The number of phenolic OH excluding ortho intramolecular Hbond substituents is 1. The van der Waals surface area contributed by atoms with Gasteiger partial charge in [-0.1, -0.05) is 48.5 Å². The van der Waals surface area contributed by atoms with E-state index in [9.17, 15) is 24.8 Å². The number of nitro benzene ring substituents is 1. The number of phenols is 1. The Morgan fingerprint density at radius 3 is 2.41 bits per heavy atom. The number of rotatable bonds is 8. The smallest absolute Gasteiger partial charge is 0.313 e. The molecule has 162 valence electrons. The molecule has 1 amide bonds. The van der Waals surface area contributed by atoms with Gasteiger partial charge >= 0.3 is 5.69 Å². The van der Waals surface area contributed by atoms with Crippen LogP contribution in [0.3, 0.4) is 0 Å². The van der Waals surface area contributed by atoms with Crippen LogP contribution in [0.2, 0.25) is 0 Å². The van der Waals surface area contributed by atoms with E-state index >= 15 is 0 Å². The van der Waals surface area contributed by atoms with Crippen molar-refractivity contribution in [3.05, 3.63) is 99.6 Å². The highest BCUT2D eigenvalue weighted by molar-refractivity contribution is 6.10. The maximum Gasteiger partial charge on any atom is 0.313 e. The number of ether oxygens (including phenoxy) is 1. The molecule has 8 nitrogen and oxygen atoms in total. The summed E-state index contributed by atoms with van der Waals surface area (Å²) in [5, 5.41) is 23.7. The van der Waals surface area contributed by atoms with Crippen LogP contribution in [0.4, 0.5) is 11.4 Å². The molecule has 0 aliphatic carbocycles. The van der Waals surface area contributed by atoms with Gasteiger partial charge in [0.25, 0.3) is 0 Å². The predicted octanol–water partition coefficient (Wildman–Crippen LogP) is 4.73. The maximum absolute atomic E-state index is 12.6. The SMILES string of the molecule is CC(=O)Nc1cc(C(=O)/C=C/c2ccc(OCc3ccccc3)cc2)c(O)c([N+](=O)[O-])c1. The first-order valence-corrected chi connectivity index (χ1v) is 9.61. The minimum Gasteiger partial charge on any atom is -0.502 e. The zero-order chi connectivity index (χ0) is 23.1. The molecule has 0 aromatic heterocycles. The van der Waals surface area contributed by atoms with Crippen LogP contribution in [-0.2, 0) is 11.4 Å². The van der Waals surface area contributed by atoms with E-state index in [-0.39, 0.29) is 11.3 Å². The minimum atomic E-state index is -0.824. The van der Waals surface area contributed by atoms with Crippen LogP contribution in [-0.4, -0.2) is 21.7 Å². The number of hydrogen-bond acceptors (Lipinski definition) is 6. The summed E-state index contributed by atoms with van der Waals surface area (Å²) in [5.41, 5.74) is 0.809. The predicted molar refractivity (Wildman–Crippen MR) is 120 cm³/mol. The first kappa shape index (κ1) is 22.2. The Labute approximate surface area is 183 Å². The summed E-state index contributed by atoms with van der Waals surface area (Å²) in [4.78, 5) is 34.2. The lowest BCUT2D eigenvalue weighted by atomic mass is 10.1. The zero-order valence-electron chi connectivity index (χ0n) is 17.1. The first-order valence-electron chi connectivity index (χ1n) is 9.61. The van der Waals surface area contributed by atoms with Crippen LogP contribution in [0.1, 0.15) is 28.4 Å². The van der Waals surface area contributed by atoms with Crippen molar-refractivity contribution in [3.8, 4) is 11.5 Å². The highest BCUT2D eigenvalue weighted by Crippen LogP contribution is 2.34. The van der Waals surface area contributed by atoms with Crippen LogP contribution >= 0.6 is 0 Å². The lowest BCUT2D eigenvalue weighted by molar-refractivity contribution is -0.385. The largest absolute Gasteiger partial charge is 0.502 e. The second-order valence-corrected chi connectivity index (χ2v) is 6.87. The molecule has 0 radical (unpaired) electrons. The standard InChI is InChI=1S/C24H20N2O6/c1-16(27)25-19-13-21(24(29)22(14-19)26(30)31)23(28)12-9-17-7-10-20(11-8-17)32-15-18-5-3-2-4-6-18/h2-14,29H,15H2,1H3,(H,25,27)/b12-9+. The van der Waals surface area contributed by atoms with E-state index in [1.54, 1.807) is 24.3 Å². The number of carbonyl (C=O) groups is 2. The Morgan fingerprint density at radius 1 is 1.09 bits per heavy atom. The number of ketones is 1. The van der Waals surface area contributed by atoms with Gasteiger partial charge in [-0.2, -0.15) is 0 Å². The van der Waals surface area contributed by atoms with Crippen LogP contribution in [0, 0.1) is 10.1 Å². The van der Waals surface area contributed by atoms with Crippen molar-refractivity contribution in [2.75, 3.05) is 5.32 Å². The molecule has 0 fully saturated rings. The Morgan fingerprint density at radius 2 is 1.78 bits per heavy atom. The Hall–Kier alpha value is -4.46. The fourth-order valence-corrected chi connectivity index (χ4v) is 2.90. The Kier molecular flexibility index (Phi) is 6.97. The summed E-state index contributed by atoms with van der Waals surface area (Å²) in [6, 6.07) is 18.9. The maximum atomic E-state index is 12.6. The lowest BCUT2D eigenvalue weighted by Crippen LogP contribution is -2.08. The van der Waals surface area contributed by atoms with E-state index in [0.717, 1.165) is 11.6 Å². The van der Waals surface area contributed by atoms with E-state index in [1.165, 1.54) is 25.1 Å². The summed E-state index contributed by atoms with van der Waals surface area (Å²) in [6.45, 7) is 1.66. The van der Waals surface area contributed by atoms with Gasteiger partial charge < -0.3 is 15.2 Å². The monoisotopic (exact) mass is 432 g/mol. The number of anilines is 1. The molecule has 3 rings (SSSR count). The van der Waals surface area contributed by atoms with E-state index in [4.69, 9.17) is 4.74 Å². The summed E-state index contributed by atoms with van der Waals surface area (Å²) in [7, 11) is 0. The summed E-state index contributed by atoms with van der Waals surface area (Å²) in [5.74, 6) is -1.22. The van der Waals surface area contributed by atoms with Crippen molar-refractivity contribution in [2.45, 2.75) is 13.5 Å². The number of carbonyl (C=O) groups excluding carboxylic acids is 2. The number of aromatic hydroxyl groups is 1. The first-order chi connectivity index (χ1) is 15.3. The summed E-state index contributed by atoms with van der Waals surface area (Å²) >= 11 is 0. The van der Waals surface area contributed by atoms with Gasteiger partial charge in [-0.05, 0) is 35.4 Å². The molecule has 0 bridgehead atoms. The fraction of sp³-hybridized carbons (Fsp3) is 0.0833. The van der Waals surface area contributed by atoms with Crippen molar-refractivity contribution >= 4 is 29.1 Å². The van der Waals surface area contributed by atoms with Gasteiger partial charge in [-0.25, -0.2) is 0 Å². The molecule has 32 heavy (non-hydrogen) atoms. The second kappa shape index (κ2) is 10.0. The van der Waals surface area contributed by atoms with Crippen LogP contribution in [0.5, 0.6) is 11.5 Å². The number of hydrogen-bond donors (Lipinski definition) is 2. The molecular weight excluding hydrogens is 412 g/mol. The van der Waals surface area contributed by atoms with Gasteiger partial charge in [0.2, 0.25) is 11.7 Å². The Bertz CT molecular complexity index is 1170. The minimum absolute atomic E-state index is 0.0404. The molecule has 3 aromatic rings. The van der Waals surface area contributed by atoms with Crippen LogP contribution < -0.4 is 10.1 Å². The quantitative estimate of drug-likeness (QED) is 0.175. The number of allylic oxidation sites excluding steroid dienone is 1. The van der Waals surface area contributed by atoms with Crippen molar-refractivity contribution in [1.82, 2.24) is 0 Å².